The molecule has 16 heavy (non-hydrogen) atoms. The van der Waals surface area contributed by atoms with Crippen molar-refractivity contribution >= 4 is 0 Å². The first-order valence-corrected chi connectivity index (χ1v) is 5.87. The summed E-state index contributed by atoms with van der Waals surface area (Å²) < 4.78 is 0. The molecule has 3 heteroatoms. The van der Waals surface area contributed by atoms with Crippen molar-refractivity contribution in [2.75, 3.05) is 20.6 Å². The fraction of sp³-hybridized carbons (Fsp3) is 0.615. The molecule has 1 aromatic rings. The van der Waals surface area contributed by atoms with E-state index in [2.05, 4.69) is 49.2 Å². The van der Waals surface area contributed by atoms with E-state index in [4.69, 9.17) is 0 Å². The quantitative estimate of drug-likeness (QED) is 0.794. The summed E-state index contributed by atoms with van der Waals surface area (Å²) in [7, 11) is 4.22. The normalized spacial score (nSPS) is 13.1. The van der Waals surface area contributed by atoms with Crippen molar-refractivity contribution in [3.8, 4) is 0 Å². The number of pyridine rings is 1. The van der Waals surface area contributed by atoms with E-state index in [0.717, 1.165) is 13.1 Å². The van der Waals surface area contributed by atoms with Gasteiger partial charge in [-0.15, -0.1) is 0 Å². The Balaban J connectivity index is 2.31. The van der Waals surface area contributed by atoms with Gasteiger partial charge in [0.1, 0.15) is 0 Å². The van der Waals surface area contributed by atoms with E-state index in [9.17, 15) is 0 Å². The molecule has 0 bridgehead atoms. The standard InChI is InChI=1S/C13H23N3/c1-11-5-7-14-9-13(11)10-15-12(2)6-8-16(3)4/h5,7,9,12,15H,6,8,10H2,1-4H3. The molecule has 0 aliphatic heterocycles. The second-order valence-corrected chi connectivity index (χ2v) is 4.68. The molecule has 0 fully saturated rings. The van der Waals surface area contributed by atoms with Crippen LogP contribution in [-0.2, 0) is 6.54 Å². The molecule has 0 aliphatic carbocycles. The number of nitrogens with one attached hydrogen (secondary N) is 1. The predicted octanol–water partition coefficient (Wildman–Crippen LogP) is 1.82. The highest BCUT2D eigenvalue weighted by atomic mass is 15.1. The number of hydrogen-bond acceptors (Lipinski definition) is 3. The maximum absolute atomic E-state index is 4.15. The third-order valence-corrected chi connectivity index (χ3v) is 2.80. The van der Waals surface area contributed by atoms with Crippen LogP contribution in [0.4, 0.5) is 0 Å². The van der Waals surface area contributed by atoms with Crippen LogP contribution < -0.4 is 5.32 Å². The highest BCUT2D eigenvalue weighted by Gasteiger charge is 2.03. The van der Waals surface area contributed by atoms with Gasteiger partial charge in [-0.2, -0.15) is 0 Å². The second-order valence-electron chi connectivity index (χ2n) is 4.68. The highest BCUT2D eigenvalue weighted by molar-refractivity contribution is 5.21. The zero-order valence-corrected chi connectivity index (χ0v) is 10.8. The molecule has 0 saturated carbocycles. The van der Waals surface area contributed by atoms with Crippen LogP contribution in [0.1, 0.15) is 24.5 Å². The molecule has 0 spiro atoms. The largest absolute Gasteiger partial charge is 0.310 e. The zero-order valence-electron chi connectivity index (χ0n) is 10.8. The Morgan fingerprint density at radius 2 is 2.19 bits per heavy atom. The molecule has 0 aliphatic rings. The Morgan fingerprint density at radius 3 is 2.81 bits per heavy atom. The predicted molar refractivity (Wildman–Crippen MR) is 68.4 cm³/mol. The van der Waals surface area contributed by atoms with Crippen molar-refractivity contribution in [3.63, 3.8) is 0 Å². The average molecular weight is 221 g/mol. The van der Waals surface area contributed by atoms with Gasteiger partial charge in [0.2, 0.25) is 0 Å². The second kappa shape index (κ2) is 6.61. The van der Waals surface area contributed by atoms with Crippen molar-refractivity contribution < 1.29 is 0 Å². The molecule has 1 unspecified atom stereocenters. The first-order chi connectivity index (χ1) is 7.59. The van der Waals surface area contributed by atoms with E-state index < -0.39 is 0 Å². The fourth-order valence-corrected chi connectivity index (χ4v) is 1.52. The van der Waals surface area contributed by atoms with Gasteiger partial charge in [-0.3, -0.25) is 4.98 Å². The molecule has 3 nitrogen and oxygen atoms in total. The summed E-state index contributed by atoms with van der Waals surface area (Å²) in [5.74, 6) is 0. The van der Waals surface area contributed by atoms with E-state index in [1.165, 1.54) is 17.5 Å². The van der Waals surface area contributed by atoms with Crippen LogP contribution in [0.5, 0.6) is 0 Å². The molecule has 90 valence electrons. The third kappa shape index (κ3) is 4.73. The Kier molecular flexibility index (Phi) is 5.43. The number of nitrogens with zero attached hydrogens (tertiary/aromatic N) is 2. The minimum atomic E-state index is 0.544. The van der Waals surface area contributed by atoms with Crippen LogP contribution in [0.3, 0.4) is 0 Å². The van der Waals surface area contributed by atoms with Crippen LogP contribution >= 0.6 is 0 Å². The van der Waals surface area contributed by atoms with Gasteiger partial charge >= 0.3 is 0 Å². The summed E-state index contributed by atoms with van der Waals surface area (Å²) in [4.78, 5) is 6.37. The van der Waals surface area contributed by atoms with Crippen LogP contribution in [0.15, 0.2) is 18.5 Å². The Morgan fingerprint density at radius 1 is 1.44 bits per heavy atom. The van der Waals surface area contributed by atoms with E-state index >= 15 is 0 Å². The highest BCUT2D eigenvalue weighted by Crippen LogP contribution is 2.05. The van der Waals surface area contributed by atoms with Crippen LogP contribution in [-0.4, -0.2) is 36.6 Å². The summed E-state index contributed by atoms with van der Waals surface area (Å²) in [5.41, 5.74) is 2.60. The Bertz CT molecular complexity index is 310. The monoisotopic (exact) mass is 221 g/mol. The summed E-state index contributed by atoms with van der Waals surface area (Å²) in [6.45, 7) is 6.40. The van der Waals surface area contributed by atoms with Crippen molar-refractivity contribution in [1.82, 2.24) is 15.2 Å². The van der Waals surface area contributed by atoms with Crippen molar-refractivity contribution in [1.29, 1.82) is 0 Å². The van der Waals surface area contributed by atoms with Gasteiger partial charge in [0, 0.05) is 25.0 Å². The molecule has 0 saturated heterocycles. The molecular weight excluding hydrogens is 198 g/mol. The number of aromatic nitrogens is 1. The van der Waals surface area contributed by atoms with Gasteiger partial charge in [0.25, 0.3) is 0 Å². The third-order valence-electron chi connectivity index (χ3n) is 2.80. The lowest BCUT2D eigenvalue weighted by Crippen LogP contribution is -2.29. The first-order valence-electron chi connectivity index (χ1n) is 5.87. The molecule has 1 N–H and O–H groups in total. The molecule has 0 aromatic carbocycles. The molecule has 1 aromatic heterocycles. The topological polar surface area (TPSA) is 28.2 Å². The van der Waals surface area contributed by atoms with Crippen molar-refractivity contribution in [2.45, 2.75) is 32.9 Å². The van der Waals surface area contributed by atoms with Crippen LogP contribution in [0.2, 0.25) is 0 Å². The molecule has 0 amide bonds. The van der Waals surface area contributed by atoms with Gasteiger partial charge in [-0.25, -0.2) is 0 Å². The average Bonchev–Trinajstić information content (AvgIpc) is 2.25. The number of hydrogen-bond donors (Lipinski definition) is 1. The van der Waals surface area contributed by atoms with E-state index in [1.54, 1.807) is 0 Å². The van der Waals surface area contributed by atoms with Crippen molar-refractivity contribution in [3.05, 3.63) is 29.6 Å². The molecule has 1 rings (SSSR count). The van der Waals surface area contributed by atoms with Gasteiger partial charge in [-0.1, -0.05) is 0 Å². The Labute approximate surface area is 98.9 Å². The molecule has 1 atom stereocenters. The maximum Gasteiger partial charge on any atom is 0.0315 e. The summed E-state index contributed by atoms with van der Waals surface area (Å²) >= 11 is 0. The zero-order chi connectivity index (χ0) is 12.0. The van der Waals surface area contributed by atoms with E-state index in [-0.39, 0.29) is 0 Å². The Hall–Kier alpha value is -0.930. The summed E-state index contributed by atoms with van der Waals surface area (Å²) in [6, 6.07) is 2.60. The minimum Gasteiger partial charge on any atom is -0.310 e. The fourth-order valence-electron chi connectivity index (χ4n) is 1.52. The smallest absolute Gasteiger partial charge is 0.0315 e. The molecular formula is C13H23N3. The number of rotatable bonds is 6. The summed E-state index contributed by atoms with van der Waals surface area (Å²) in [5, 5.41) is 3.53. The van der Waals surface area contributed by atoms with Crippen LogP contribution in [0.25, 0.3) is 0 Å². The maximum atomic E-state index is 4.15. The van der Waals surface area contributed by atoms with E-state index in [1.807, 2.05) is 12.4 Å². The lowest BCUT2D eigenvalue weighted by Gasteiger charge is -2.17. The van der Waals surface area contributed by atoms with Gasteiger partial charge in [-0.05, 0) is 58.1 Å². The molecule has 1 heterocycles. The van der Waals surface area contributed by atoms with Gasteiger partial charge in [0.15, 0.2) is 0 Å². The van der Waals surface area contributed by atoms with Crippen molar-refractivity contribution in [2.24, 2.45) is 0 Å². The molecule has 0 radical (unpaired) electrons. The number of aryl methyl sites for hydroxylation is 1. The van der Waals surface area contributed by atoms with E-state index in [0.29, 0.717) is 6.04 Å². The summed E-state index contributed by atoms with van der Waals surface area (Å²) in [6.07, 6.45) is 4.96. The van der Waals surface area contributed by atoms with Gasteiger partial charge < -0.3 is 10.2 Å². The minimum absolute atomic E-state index is 0.544. The lowest BCUT2D eigenvalue weighted by atomic mass is 10.1. The lowest BCUT2D eigenvalue weighted by molar-refractivity contribution is 0.365. The van der Waals surface area contributed by atoms with Gasteiger partial charge in [0.05, 0.1) is 0 Å². The SMILES string of the molecule is Cc1ccncc1CNC(C)CCN(C)C. The first kappa shape index (κ1) is 13.1. The van der Waals surface area contributed by atoms with Crippen LogP contribution in [0, 0.1) is 6.92 Å².